The summed E-state index contributed by atoms with van der Waals surface area (Å²) >= 11 is 1.57. The number of benzene rings is 2. The Morgan fingerprint density at radius 1 is 1.12 bits per heavy atom. The van der Waals surface area contributed by atoms with E-state index in [0.29, 0.717) is 5.56 Å². The van der Waals surface area contributed by atoms with Crippen molar-refractivity contribution in [2.45, 2.75) is 25.8 Å². The Morgan fingerprint density at radius 3 is 2.50 bits per heavy atom. The Morgan fingerprint density at radius 2 is 1.81 bits per heavy atom. The fourth-order valence-corrected chi connectivity index (χ4v) is 3.69. The zero-order valence-electron chi connectivity index (χ0n) is 14.6. The van der Waals surface area contributed by atoms with Gasteiger partial charge < -0.3 is 4.90 Å². The van der Waals surface area contributed by atoms with E-state index in [-0.39, 0.29) is 36.4 Å². The summed E-state index contributed by atoms with van der Waals surface area (Å²) in [5.41, 5.74) is 1.34. The summed E-state index contributed by atoms with van der Waals surface area (Å²) in [6.07, 6.45) is 0.212. The lowest BCUT2D eigenvalue weighted by Gasteiger charge is -2.23. The summed E-state index contributed by atoms with van der Waals surface area (Å²) in [6, 6.07) is 13.1. The first-order valence-electron chi connectivity index (χ1n) is 8.35. The van der Waals surface area contributed by atoms with E-state index in [1.165, 1.54) is 24.3 Å². The number of Topliss-reactive ketones (excluding diaryl/α,β-unsaturated/α-hetero) is 1. The van der Waals surface area contributed by atoms with Gasteiger partial charge >= 0.3 is 0 Å². The third kappa shape index (κ3) is 3.96. The van der Waals surface area contributed by atoms with Gasteiger partial charge in [0.2, 0.25) is 5.91 Å². The number of hydrogen-bond donors (Lipinski definition) is 0. The number of amides is 1. The van der Waals surface area contributed by atoms with E-state index in [1.807, 2.05) is 31.2 Å². The number of carbonyl (C=O) groups excluding carboxylic acids is 2. The van der Waals surface area contributed by atoms with Gasteiger partial charge in [0, 0.05) is 25.5 Å². The Hall–Kier alpha value is -2.60. The summed E-state index contributed by atoms with van der Waals surface area (Å²) in [6.45, 7) is 1.93. The Bertz CT molecular complexity index is 903. The molecule has 0 saturated carbocycles. The lowest BCUT2D eigenvalue weighted by molar-refractivity contribution is -0.131. The monoisotopic (exact) mass is 370 g/mol. The van der Waals surface area contributed by atoms with Gasteiger partial charge in [-0.3, -0.25) is 9.59 Å². The van der Waals surface area contributed by atoms with Crippen LogP contribution in [-0.4, -0.2) is 28.6 Å². The van der Waals surface area contributed by atoms with Gasteiger partial charge in [0.1, 0.15) is 10.8 Å². The molecule has 0 radical (unpaired) electrons. The van der Waals surface area contributed by atoms with Crippen molar-refractivity contribution < 1.29 is 14.0 Å². The molecule has 1 atom stereocenters. The third-order valence-electron chi connectivity index (χ3n) is 4.37. The number of carbonyl (C=O) groups is 2. The Kier molecular flexibility index (Phi) is 5.42. The highest BCUT2D eigenvalue weighted by atomic mass is 32.1. The minimum atomic E-state index is -0.387. The van der Waals surface area contributed by atoms with Gasteiger partial charge in [-0.05, 0) is 43.3 Å². The number of ketones is 1. The molecule has 6 heteroatoms. The van der Waals surface area contributed by atoms with Gasteiger partial charge in [-0.1, -0.05) is 12.1 Å². The van der Waals surface area contributed by atoms with Crippen LogP contribution in [0.15, 0.2) is 48.5 Å². The van der Waals surface area contributed by atoms with Crippen LogP contribution in [0.4, 0.5) is 4.39 Å². The van der Waals surface area contributed by atoms with Crippen LogP contribution in [0.25, 0.3) is 10.2 Å². The van der Waals surface area contributed by atoms with Crippen LogP contribution >= 0.6 is 11.3 Å². The molecule has 0 aliphatic carbocycles. The molecular formula is C20H19FN2O2S. The molecule has 0 aliphatic heterocycles. The number of rotatable bonds is 6. The Balaban J connectivity index is 1.61. The Labute approximate surface area is 155 Å². The molecule has 0 bridgehead atoms. The molecule has 1 amide bonds. The molecule has 1 aromatic heterocycles. The van der Waals surface area contributed by atoms with Crippen molar-refractivity contribution in [3.63, 3.8) is 0 Å². The second-order valence-electron chi connectivity index (χ2n) is 6.13. The van der Waals surface area contributed by atoms with Gasteiger partial charge in [-0.2, -0.15) is 0 Å². The smallest absolute Gasteiger partial charge is 0.223 e. The van der Waals surface area contributed by atoms with Crippen molar-refractivity contribution in [3.05, 3.63) is 64.9 Å². The average Bonchev–Trinajstić information content (AvgIpc) is 3.09. The van der Waals surface area contributed by atoms with E-state index in [2.05, 4.69) is 4.98 Å². The molecule has 26 heavy (non-hydrogen) atoms. The fourth-order valence-electron chi connectivity index (χ4n) is 2.63. The lowest BCUT2D eigenvalue weighted by Crippen LogP contribution is -2.29. The van der Waals surface area contributed by atoms with E-state index >= 15 is 0 Å². The van der Waals surface area contributed by atoms with Crippen LogP contribution in [0.1, 0.15) is 41.2 Å². The molecule has 1 heterocycles. The van der Waals surface area contributed by atoms with E-state index in [0.717, 1.165) is 15.2 Å². The maximum absolute atomic E-state index is 12.9. The average molecular weight is 370 g/mol. The van der Waals surface area contributed by atoms with E-state index in [9.17, 15) is 14.0 Å². The minimum absolute atomic E-state index is 0.0986. The van der Waals surface area contributed by atoms with E-state index in [4.69, 9.17) is 0 Å². The van der Waals surface area contributed by atoms with Crippen LogP contribution in [0.3, 0.4) is 0 Å². The van der Waals surface area contributed by atoms with Crippen LogP contribution in [0.2, 0.25) is 0 Å². The van der Waals surface area contributed by atoms with Crippen molar-refractivity contribution in [2.24, 2.45) is 0 Å². The first kappa shape index (κ1) is 18.2. The number of aromatic nitrogens is 1. The van der Waals surface area contributed by atoms with Gasteiger partial charge in [-0.25, -0.2) is 9.37 Å². The largest absolute Gasteiger partial charge is 0.337 e. The molecule has 134 valence electrons. The third-order valence-corrected chi connectivity index (χ3v) is 5.58. The highest BCUT2D eigenvalue weighted by Crippen LogP contribution is 2.29. The lowest BCUT2D eigenvalue weighted by atomic mass is 10.1. The van der Waals surface area contributed by atoms with Crippen molar-refractivity contribution in [2.75, 3.05) is 7.05 Å². The van der Waals surface area contributed by atoms with Gasteiger partial charge in [-0.15, -0.1) is 11.3 Å². The summed E-state index contributed by atoms with van der Waals surface area (Å²) in [5.74, 6) is -0.673. The molecule has 0 aliphatic rings. The van der Waals surface area contributed by atoms with Gasteiger partial charge in [0.05, 0.1) is 16.3 Å². The SMILES string of the molecule is C[C@H](c1nc2ccccc2s1)N(C)C(=O)CCC(=O)c1ccc(F)cc1. The molecule has 0 fully saturated rings. The molecule has 0 unspecified atom stereocenters. The normalized spacial score (nSPS) is 12.1. The van der Waals surface area contributed by atoms with E-state index < -0.39 is 0 Å². The highest BCUT2D eigenvalue weighted by Gasteiger charge is 2.21. The topological polar surface area (TPSA) is 50.3 Å². The predicted octanol–water partition coefficient (Wildman–Crippen LogP) is 4.62. The second-order valence-corrected chi connectivity index (χ2v) is 7.19. The van der Waals surface area contributed by atoms with Gasteiger partial charge in [0.25, 0.3) is 0 Å². The first-order valence-corrected chi connectivity index (χ1v) is 9.17. The predicted molar refractivity (Wildman–Crippen MR) is 101 cm³/mol. The van der Waals surface area contributed by atoms with Crippen molar-refractivity contribution in [3.8, 4) is 0 Å². The molecule has 0 saturated heterocycles. The summed E-state index contributed by atoms with van der Waals surface area (Å²) in [7, 11) is 1.72. The summed E-state index contributed by atoms with van der Waals surface area (Å²) in [4.78, 5) is 30.8. The molecule has 3 aromatic rings. The van der Waals surface area contributed by atoms with Crippen LogP contribution in [0, 0.1) is 5.82 Å². The standard InChI is InChI=1S/C20H19FN2O2S/c1-13(20-22-16-5-3-4-6-18(16)26-20)23(2)19(25)12-11-17(24)14-7-9-15(21)10-8-14/h3-10,13H,11-12H2,1-2H3/t13-/m1/s1. The summed E-state index contributed by atoms with van der Waals surface area (Å²) < 4.78 is 14.0. The highest BCUT2D eigenvalue weighted by molar-refractivity contribution is 7.18. The van der Waals surface area contributed by atoms with Crippen LogP contribution < -0.4 is 0 Å². The van der Waals surface area contributed by atoms with Crippen molar-refractivity contribution in [1.29, 1.82) is 0 Å². The number of fused-ring (bicyclic) bond motifs is 1. The number of hydrogen-bond acceptors (Lipinski definition) is 4. The molecule has 4 nitrogen and oxygen atoms in total. The number of para-hydroxylation sites is 1. The fraction of sp³-hybridized carbons (Fsp3) is 0.250. The number of thiazole rings is 1. The summed E-state index contributed by atoms with van der Waals surface area (Å²) in [5, 5.41) is 0.868. The molecule has 0 N–H and O–H groups in total. The van der Waals surface area contributed by atoms with Crippen LogP contribution in [-0.2, 0) is 4.79 Å². The zero-order chi connectivity index (χ0) is 18.7. The maximum Gasteiger partial charge on any atom is 0.223 e. The maximum atomic E-state index is 12.9. The van der Waals surface area contributed by atoms with Gasteiger partial charge in [0.15, 0.2) is 5.78 Å². The van der Waals surface area contributed by atoms with Crippen molar-refractivity contribution >= 4 is 33.2 Å². The zero-order valence-corrected chi connectivity index (χ0v) is 15.4. The van der Waals surface area contributed by atoms with E-state index in [1.54, 1.807) is 23.3 Å². The molecule has 3 rings (SSSR count). The molecule has 0 spiro atoms. The second kappa shape index (κ2) is 7.74. The first-order chi connectivity index (χ1) is 12.5. The molecule has 2 aromatic carbocycles. The van der Waals surface area contributed by atoms with Crippen LogP contribution in [0.5, 0.6) is 0 Å². The minimum Gasteiger partial charge on any atom is -0.337 e. The van der Waals surface area contributed by atoms with Crippen molar-refractivity contribution in [1.82, 2.24) is 9.88 Å². The number of nitrogens with zero attached hydrogens (tertiary/aromatic N) is 2. The molecular weight excluding hydrogens is 351 g/mol. The quantitative estimate of drug-likeness (QED) is 0.595. The number of halogens is 1.